The number of thiocarbonyl (C=S) groups is 1. The van der Waals surface area contributed by atoms with Crippen molar-refractivity contribution in [2.75, 3.05) is 16.4 Å². The molecule has 0 fully saturated rings. The molecule has 31 heavy (non-hydrogen) atoms. The fourth-order valence-electron chi connectivity index (χ4n) is 2.90. The molecule has 4 aromatic rings. The third-order valence-electron chi connectivity index (χ3n) is 4.46. The van der Waals surface area contributed by atoms with Crippen molar-refractivity contribution >= 4 is 34.5 Å². The maximum absolute atomic E-state index is 6.20. The van der Waals surface area contributed by atoms with Crippen LogP contribution in [0.4, 0.5) is 17.2 Å². The molecule has 1 aromatic heterocycles. The normalized spacial score (nSPS) is 10.6. The van der Waals surface area contributed by atoms with Crippen molar-refractivity contribution in [3.05, 3.63) is 97.6 Å². The van der Waals surface area contributed by atoms with E-state index >= 15 is 0 Å². The van der Waals surface area contributed by atoms with Crippen molar-refractivity contribution in [2.45, 2.75) is 6.92 Å². The van der Waals surface area contributed by atoms with Crippen LogP contribution < -0.4 is 37.6 Å². The molecule has 0 unspecified atom stereocenters. The number of nitrogens with two attached hydrogens (primary N) is 1. The van der Waals surface area contributed by atoms with E-state index in [2.05, 4.69) is 39.9 Å². The van der Waals surface area contributed by atoms with Crippen LogP contribution in [0.15, 0.2) is 84.9 Å². The molecule has 0 radical (unpaired) electrons. The predicted molar refractivity (Wildman–Crippen MR) is 127 cm³/mol. The molecule has 0 amide bonds. The van der Waals surface area contributed by atoms with Crippen LogP contribution in [-0.4, -0.2) is 15.3 Å². The number of halogens is 1. The Morgan fingerprint density at radius 2 is 1.61 bits per heavy atom. The number of para-hydroxylation sites is 1. The summed E-state index contributed by atoms with van der Waals surface area (Å²) in [6.07, 6.45) is 0. The third kappa shape index (κ3) is 5.56. The van der Waals surface area contributed by atoms with Crippen molar-refractivity contribution in [2.24, 2.45) is 0 Å². The first-order chi connectivity index (χ1) is 15.1. The number of hydrogen-bond donors (Lipinski definition) is 3. The van der Waals surface area contributed by atoms with Crippen LogP contribution in [0.5, 0.6) is 0 Å². The second kappa shape index (κ2) is 9.84. The fraction of sp³-hybridized carbons (Fsp3) is 0.0417. The molecule has 156 valence electrons. The first-order valence-electron chi connectivity index (χ1n) is 9.65. The fourth-order valence-corrected chi connectivity index (χ4v) is 5.87. The van der Waals surface area contributed by atoms with Gasteiger partial charge in [-0.2, -0.15) is 0 Å². The van der Waals surface area contributed by atoms with Gasteiger partial charge in [0, 0.05) is 0 Å². The van der Waals surface area contributed by atoms with Crippen LogP contribution in [0, 0.1) is 14.1 Å². The van der Waals surface area contributed by atoms with Crippen molar-refractivity contribution in [1.82, 2.24) is 10.2 Å². The number of rotatable bonds is 5. The number of hydrogen-bond acceptors (Lipinski definition) is 4. The third-order valence-corrected chi connectivity index (χ3v) is 7.70. The van der Waals surface area contributed by atoms with Gasteiger partial charge >= 0.3 is 192 Å². The van der Waals surface area contributed by atoms with Gasteiger partial charge in [-0.15, -0.1) is 0 Å². The quantitative estimate of drug-likeness (QED) is 0.205. The molecule has 3 aromatic carbocycles. The van der Waals surface area contributed by atoms with Crippen LogP contribution in [0.25, 0.3) is 11.3 Å². The minimum absolute atomic E-state index is 0.457. The molecule has 4 rings (SSSR count). The molecular formula is C24H21IN5S-. The second-order valence-electron chi connectivity index (χ2n) is 6.85. The summed E-state index contributed by atoms with van der Waals surface area (Å²) in [5.74, 6) is 0.590. The summed E-state index contributed by atoms with van der Waals surface area (Å²) in [7, 11) is 0. The van der Waals surface area contributed by atoms with Gasteiger partial charge in [0.2, 0.25) is 0 Å². The van der Waals surface area contributed by atoms with E-state index < -0.39 is 21.2 Å². The zero-order valence-corrected chi connectivity index (χ0v) is 19.8. The number of nitrogens with one attached hydrogen (secondary N) is 2. The number of anilines is 3. The van der Waals surface area contributed by atoms with Crippen molar-refractivity contribution in [3.63, 3.8) is 0 Å². The van der Waals surface area contributed by atoms with E-state index in [0.717, 1.165) is 22.6 Å². The van der Waals surface area contributed by atoms with Gasteiger partial charge in [-0.1, -0.05) is 6.07 Å². The van der Waals surface area contributed by atoms with Crippen molar-refractivity contribution in [3.8, 4) is 11.3 Å². The van der Waals surface area contributed by atoms with E-state index in [1.165, 1.54) is 12.7 Å². The molecule has 0 atom stereocenters. The summed E-state index contributed by atoms with van der Waals surface area (Å²) in [5, 5.41) is 15.4. The van der Waals surface area contributed by atoms with Gasteiger partial charge in [0.05, 0.1) is 0 Å². The summed E-state index contributed by atoms with van der Waals surface area (Å²) in [5.41, 5.74) is 11.1. The molecule has 0 spiro atoms. The molecule has 0 saturated carbocycles. The Bertz CT molecular complexity index is 1200. The Morgan fingerprint density at radius 3 is 2.39 bits per heavy atom. The predicted octanol–water partition coefficient (Wildman–Crippen LogP) is 1.97. The van der Waals surface area contributed by atoms with Gasteiger partial charge in [-0.3, -0.25) is 0 Å². The minimum atomic E-state index is -0.457. The average molecular weight is 538 g/mol. The SMILES string of the molecule is Cc1ccc(N)c([I-]c2ccccc2NC(=S)Nc2ccc(-c3ccccc3)nn2)c1. The zero-order valence-electron chi connectivity index (χ0n) is 16.8. The number of nitrogens with zero attached hydrogens (tertiary/aromatic N) is 2. The van der Waals surface area contributed by atoms with Crippen molar-refractivity contribution < 1.29 is 21.2 Å². The molecule has 0 saturated heterocycles. The van der Waals surface area contributed by atoms with Crippen molar-refractivity contribution in [1.29, 1.82) is 0 Å². The molecule has 0 aliphatic rings. The Morgan fingerprint density at radius 1 is 0.839 bits per heavy atom. The first-order valence-corrected chi connectivity index (χ1v) is 12.2. The van der Waals surface area contributed by atoms with E-state index in [1.54, 1.807) is 0 Å². The molecular weight excluding hydrogens is 517 g/mol. The maximum atomic E-state index is 6.20. The van der Waals surface area contributed by atoms with Gasteiger partial charge in [-0.05, 0) is 0 Å². The average Bonchev–Trinajstić information content (AvgIpc) is 2.79. The molecule has 0 aliphatic heterocycles. The van der Waals surface area contributed by atoms with Crippen LogP contribution in [0.2, 0.25) is 0 Å². The number of benzene rings is 3. The number of aryl methyl sites for hydroxylation is 1. The van der Waals surface area contributed by atoms with Crippen LogP contribution in [0.1, 0.15) is 5.56 Å². The second-order valence-corrected chi connectivity index (χ2v) is 10.1. The summed E-state index contributed by atoms with van der Waals surface area (Å²) >= 11 is 5.06. The summed E-state index contributed by atoms with van der Waals surface area (Å²) in [4.78, 5) is 0. The number of aromatic nitrogens is 2. The van der Waals surface area contributed by atoms with E-state index in [9.17, 15) is 0 Å². The Hall–Kier alpha value is -3.04. The topological polar surface area (TPSA) is 75.9 Å². The van der Waals surface area contributed by atoms with E-state index in [1.807, 2.05) is 72.8 Å². The zero-order chi connectivity index (χ0) is 21.6. The first kappa shape index (κ1) is 21.2. The van der Waals surface area contributed by atoms with E-state index in [0.29, 0.717) is 10.9 Å². The van der Waals surface area contributed by atoms with Gasteiger partial charge in [-0.25, -0.2) is 0 Å². The molecule has 7 heteroatoms. The van der Waals surface area contributed by atoms with Gasteiger partial charge in [0.1, 0.15) is 0 Å². The van der Waals surface area contributed by atoms with Crippen LogP contribution in [0.3, 0.4) is 0 Å². The molecule has 5 nitrogen and oxygen atoms in total. The molecule has 0 aliphatic carbocycles. The summed E-state index contributed by atoms with van der Waals surface area (Å²) in [6, 6.07) is 28.1. The summed E-state index contributed by atoms with van der Waals surface area (Å²) < 4.78 is 2.42. The monoisotopic (exact) mass is 538 g/mol. The van der Waals surface area contributed by atoms with Gasteiger partial charge in [0.25, 0.3) is 0 Å². The Labute approximate surface area is 197 Å². The van der Waals surface area contributed by atoms with Crippen LogP contribution >= 0.6 is 12.2 Å². The standard InChI is InChI=1S/C24H21IN5S/c1-16-11-12-20(26)19(15-16)25-18-9-5-6-10-22(18)27-24(31)28-23-14-13-21(29-30-23)17-7-3-2-4-8-17/h2-15H,26H2,1H3,(H2,27,28,30,31)/q-1. The molecule has 0 bridgehead atoms. The van der Waals surface area contributed by atoms with Gasteiger partial charge < -0.3 is 0 Å². The molecule has 4 N–H and O–H groups in total. The van der Waals surface area contributed by atoms with Crippen LogP contribution in [-0.2, 0) is 0 Å². The summed E-state index contributed by atoms with van der Waals surface area (Å²) in [6.45, 7) is 2.08. The number of nitrogen functional groups attached to an aromatic ring is 1. The Kier molecular flexibility index (Phi) is 6.73. The van der Waals surface area contributed by atoms with E-state index in [4.69, 9.17) is 18.0 Å². The van der Waals surface area contributed by atoms with E-state index in [-0.39, 0.29) is 0 Å². The molecule has 1 heterocycles. The van der Waals surface area contributed by atoms with Gasteiger partial charge in [0.15, 0.2) is 0 Å². The Balaban J connectivity index is 1.45.